The first-order chi connectivity index (χ1) is 10.6. The Morgan fingerprint density at radius 1 is 1.36 bits per heavy atom. The quantitative estimate of drug-likeness (QED) is 0.524. The molecule has 0 spiro atoms. The highest BCUT2D eigenvalue weighted by Gasteiger charge is 2.15. The predicted octanol–water partition coefficient (Wildman–Crippen LogP) is 1.40. The van der Waals surface area contributed by atoms with Gasteiger partial charge in [-0.05, 0) is 30.7 Å². The summed E-state index contributed by atoms with van der Waals surface area (Å²) < 4.78 is 5.29. The van der Waals surface area contributed by atoms with Gasteiger partial charge in [0.25, 0.3) is 5.91 Å². The molecule has 2 aromatic rings. The van der Waals surface area contributed by atoms with E-state index in [1.165, 1.54) is 0 Å². The van der Waals surface area contributed by atoms with Crippen molar-refractivity contribution in [3.8, 4) is 6.07 Å². The van der Waals surface area contributed by atoms with Gasteiger partial charge in [0.05, 0.1) is 5.56 Å². The first-order valence-corrected chi connectivity index (χ1v) is 6.83. The van der Waals surface area contributed by atoms with E-state index in [-0.39, 0.29) is 11.1 Å². The monoisotopic (exact) mass is 295 g/mol. The molecule has 0 bridgehead atoms. The average molecular weight is 295 g/mol. The lowest BCUT2D eigenvalue weighted by Gasteiger charge is -2.33. The highest BCUT2D eigenvalue weighted by atomic mass is 16.4. The number of fused-ring (bicyclic) bond motifs is 1. The van der Waals surface area contributed by atoms with Gasteiger partial charge in [0.2, 0.25) is 0 Å². The smallest absolute Gasteiger partial charge is 0.343 e. The van der Waals surface area contributed by atoms with Gasteiger partial charge in [-0.3, -0.25) is 4.79 Å². The molecule has 0 aliphatic carbocycles. The van der Waals surface area contributed by atoms with Crippen molar-refractivity contribution < 1.29 is 9.21 Å². The van der Waals surface area contributed by atoms with Crippen LogP contribution >= 0.6 is 0 Å². The molecule has 6 heteroatoms. The zero-order valence-corrected chi connectivity index (χ0v) is 11.7. The third-order valence-corrected chi connectivity index (χ3v) is 3.65. The Balaban J connectivity index is 2.08. The molecule has 1 amide bonds. The molecule has 0 atom stereocenters. The highest BCUT2D eigenvalue weighted by molar-refractivity contribution is 6.00. The van der Waals surface area contributed by atoms with E-state index in [9.17, 15) is 9.59 Å². The van der Waals surface area contributed by atoms with Gasteiger partial charge in [-0.25, -0.2) is 4.79 Å². The number of nitriles is 1. The molecule has 6 nitrogen and oxygen atoms in total. The third-order valence-electron chi connectivity index (χ3n) is 3.65. The zero-order chi connectivity index (χ0) is 15.7. The van der Waals surface area contributed by atoms with Crippen molar-refractivity contribution in [2.75, 3.05) is 18.0 Å². The fraction of sp³-hybridized carbons (Fsp3) is 0.188. The standard InChI is InChI=1S/C16H13N3O3/c17-9-12(15(18)20)7-11-6-10-2-3-13(19-4-1-5-19)8-14(10)22-16(11)21/h2-3,6-8H,1,4-5H2,(H2,18,20)/b12-7+. The Morgan fingerprint density at radius 2 is 2.14 bits per heavy atom. The largest absolute Gasteiger partial charge is 0.422 e. The Kier molecular flexibility index (Phi) is 3.39. The minimum absolute atomic E-state index is 0.125. The Morgan fingerprint density at radius 3 is 2.73 bits per heavy atom. The van der Waals surface area contributed by atoms with Crippen molar-refractivity contribution in [3.05, 3.63) is 45.8 Å². The van der Waals surface area contributed by atoms with Crippen molar-refractivity contribution in [2.24, 2.45) is 5.73 Å². The number of carbonyl (C=O) groups is 1. The van der Waals surface area contributed by atoms with Gasteiger partial charge < -0.3 is 15.1 Å². The first-order valence-electron chi connectivity index (χ1n) is 6.83. The Bertz CT molecular complexity index is 886. The maximum atomic E-state index is 12.0. The van der Waals surface area contributed by atoms with E-state index in [4.69, 9.17) is 15.4 Å². The van der Waals surface area contributed by atoms with E-state index in [1.807, 2.05) is 18.2 Å². The summed E-state index contributed by atoms with van der Waals surface area (Å²) in [6.45, 7) is 2.00. The van der Waals surface area contributed by atoms with Crippen molar-refractivity contribution in [1.82, 2.24) is 0 Å². The van der Waals surface area contributed by atoms with Gasteiger partial charge in [-0.15, -0.1) is 0 Å². The van der Waals surface area contributed by atoms with E-state index in [0.29, 0.717) is 5.58 Å². The third kappa shape index (κ3) is 2.44. The summed E-state index contributed by atoms with van der Waals surface area (Å²) in [6, 6.07) is 8.87. The Labute approximate surface area is 126 Å². The first kappa shape index (κ1) is 13.9. The average Bonchev–Trinajstić information content (AvgIpc) is 2.42. The molecule has 1 aliphatic rings. The van der Waals surface area contributed by atoms with Gasteiger partial charge in [-0.2, -0.15) is 5.26 Å². The summed E-state index contributed by atoms with van der Waals surface area (Å²) in [5.74, 6) is -0.880. The summed E-state index contributed by atoms with van der Waals surface area (Å²) in [4.78, 5) is 25.2. The molecule has 1 aromatic heterocycles. The maximum absolute atomic E-state index is 12.0. The van der Waals surface area contributed by atoms with Crippen LogP contribution in [0.1, 0.15) is 12.0 Å². The number of carbonyl (C=O) groups excluding carboxylic acids is 1. The lowest BCUT2D eigenvalue weighted by atomic mass is 10.1. The molecule has 1 aromatic carbocycles. The molecular weight excluding hydrogens is 282 g/mol. The van der Waals surface area contributed by atoms with Gasteiger partial charge in [0.15, 0.2) is 0 Å². The summed E-state index contributed by atoms with van der Waals surface area (Å²) in [5.41, 5.74) is 5.78. The summed E-state index contributed by atoms with van der Waals surface area (Å²) in [5, 5.41) is 9.56. The maximum Gasteiger partial charge on any atom is 0.343 e. The van der Waals surface area contributed by atoms with Crippen LogP contribution < -0.4 is 16.3 Å². The van der Waals surface area contributed by atoms with Crippen molar-refractivity contribution in [1.29, 1.82) is 5.26 Å². The lowest BCUT2D eigenvalue weighted by Crippen LogP contribution is -2.36. The minimum atomic E-state index is -0.880. The molecule has 110 valence electrons. The van der Waals surface area contributed by atoms with Crippen LogP contribution in [0.15, 0.2) is 39.1 Å². The van der Waals surface area contributed by atoms with Gasteiger partial charge in [0, 0.05) is 30.2 Å². The lowest BCUT2D eigenvalue weighted by molar-refractivity contribution is -0.114. The van der Waals surface area contributed by atoms with E-state index in [1.54, 1.807) is 12.1 Å². The van der Waals surface area contributed by atoms with Gasteiger partial charge >= 0.3 is 5.63 Å². The van der Waals surface area contributed by atoms with Crippen LogP contribution in [0.5, 0.6) is 0 Å². The fourth-order valence-electron chi connectivity index (χ4n) is 2.30. The molecular formula is C16H13N3O3. The normalized spacial score (nSPS) is 14.5. The van der Waals surface area contributed by atoms with E-state index >= 15 is 0 Å². The molecule has 0 saturated carbocycles. The van der Waals surface area contributed by atoms with Crippen molar-refractivity contribution in [3.63, 3.8) is 0 Å². The van der Waals surface area contributed by atoms with E-state index in [2.05, 4.69) is 4.90 Å². The predicted molar refractivity (Wildman–Crippen MR) is 82.1 cm³/mol. The number of primary amides is 1. The van der Waals surface area contributed by atoms with Gasteiger partial charge in [-0.1, -0.05) is 0 Å². The summed E-state index contributed by atoms with van der Waals surface area (Å²) >= 11 is 0. The Hall–Kier alpha value is -3.07. The van der Waals surface area contributed by atoms with E-state index < -0.39 is 11.5 Å². The number of nitrogens with two attached hydrogens (primary N) is 1. The van der Waals surface area contributed by atoms with Gasteiger partial charge in [0.1, 0.15) is 17.2 Å². The molecule has 0 radical (unpaired) electrons. The van der Waals surface area contributed by atoms with Crippen molar-refractivity contribution >= 4 is 28.6 Å². The van der Waals surface area contributed by atoms with Crippen LogP contribution in [-0.4, -0.2) is 19.0 Å². The van der Waals surface area contributed by atoms with Crippen LogP contribution in [0.3, 0.4) is 0 Å². The second kappa shape index (κ2) is 5.37. The molecule has 2 N–H and O–H groups in total. The number of benzene rings is 1. The number of anilines is 1. The number of hydrogen-bond donors (Lipinski definition) is 1. The second-order valence-corrected chi connectivity index (χ2v) is 5.09. The van der Waals surface area contributed by atoms with Crippen LogP contribution in [-0.2, 0) is 4.79 Å². The highest BCUT2D eigenvalue weighted by Crippen LogP contribution is 2.25. The van der Waals surface area contributed by atoms with Crippen LogP contribution in [0, 0.1) is 11.3 Å². The second-order valence-electron chi connectivity index (χ2n) is 5.09. The molecule has 1 fully saturated rings. The zero-order valence-electron chi connectivity index (χ0n) is 11.7. The molecule has 1 aliphatic heterocycles. The number of amides is 1. The summed E-state index contributed by atoms with van der Waals surface area (Å²) in [7, 11) is 0. The summed E-state index contributed by atoms with van der Waals surface area (Å²) in [6.07, 6.45) is 2.31. The molecule has 0 unspecified atom stereocenters. The topological polar surface area (TPSA) is 100 Å². The minimum Gasteiger partial charge on any atom is -0.422 e. The number of rotatable bonds is 3. The molecule has 22 heavy (non-hydrogen) atoms. The molecule has 1 saturated heterocycles. The number of hydrogen-bond acceptors (Lipinski definition) is 5. The van der Waals surface area contributed by atoms with Crippen LogP contribution in [0.4, 0.5) is 5.69 Å². The SMILES string of the molecule is N#C/C(=C\c1cc2ccc(N3CCC3)cc2oc1=O)C(N)=O. The van der Waals surface area contributed by atoms with E-state index in [0.717, 1.165) is 36.7 Å². The van der Waals surface area contributed by atoms with Crippen LogP contribution in [0.25, 0.3) is 17.0 Å². The molecule has 2 heterocycles. The van der Waals surface area contributed by atoms with Crippen molar-refractivity contribution in [2.45, 2.75) is 6.42 Å². The number of nitrogens with zero attached hydrogens (tertiary/aromatic N) is 2. The van der Waals surface area contributed by atoms with Crippen LogP contribution in [0.2, 0.25) is 0 Å². The fourth-order valence-corrected chi connectivity index (χ4v) is 2.30. The molecule has 3 rings (SSSR count).